The number of carbonyl (C=O) groups is 1. The molecule has 0 unspecified atom stereocenters. The highest BCUT2D eigenvalue weighted by molar-refractivity contribution is 6.32. The van der Waals surface area contributed by atoms with E-state index < -0.39 is 5.82 Å². The molecule has 12 heavy (non-hydrogen) atoms. The van der Waals surface area contributed by atoms with Gasteiger partial charge in [-0.2, -0.15) is 0 Å². The van der Waals surface area contributed by atoms with Crippen molar-refractivity contribution in [1.29, 1.82) is 0 Å². The van der Waals surface area contributed by atoms with E-state index in [0.717, 1.165) is 0 Å². The number of benzene rings is 1. The minimum Gasteiger partial charge on any atom is -0.427 e. The van der Waals surface area contributed by atoms with Crippen molar-refractivity contribution in [3.63, 3.8) is 0 Å². The predicted molar refractivity (Wildman–Crippen MR) is 42.8 cm³/mol. The first-order chi connectivity index (χ1) is 5.66. The van der Waals surface area contributed by atoms with Crippen LogP contribution in [0.25, 0.3) is 0 Å². The molecule has 0 spiro atoms. The van der Waals surface area contributed by atoms with E-state index in [1.54, 1.807) is 0 Å². The van der Waals surface area contributed by atoms with Crippen molar-refractivity contribution in [2.24, 2.45) is 0 Å². The van der Waals surface area contributed by atoms with Gasteiger partial charge < -0.3 is 4.74 Å². The Morgan fingerprint density at radius 2 is 2.25 bits per heavy atom. The first-order valence-electron chi connectivity index (χ1n) is 3.21. The summed E-state index contributed by atoms with van der Waals surface area (Å²) < 4.78 is 17.3. The largest absolute Gasteiger partial charge is 0.427 e. The summed E-state index contributed by atoms with van der Waals surface area (Å²) in [6, 6.07) is 2.55. The van der Waals surface area contributed by atoms with E-state index in [-0.39, 0.29) is 22.8 Å². The highest BCUT2D eigenvalue weighted by Crippen LogP contribution is 2.29. The fraction of sp³-hybridized carbons (Fsp3) is 0.125. The lowest BCUT2D eigenvalue weighted by atomic mass is 10.2. The van der Waals surface area contributed by atoms with Crippen LogP contribution in [0.3, 0.4) is 0 Å². The van der Waals surface area contributed by atoms with Crippen LogP contribution in [-0.2, 0) is 4.79 Å². The SMILES string of the molecule is Cc1c(F)ccc(Cl)c1OC=O. The molecule has 0 N–H and O–H groups in total. The van der Waals surface area contributed by atoms with E-state index >= 15 is 0 Å². The Balaban J connectivity index is 3.22. The zero-order chi connectivity index (χ0) is 9.14. The lowest BCUT2D eigenvalue weighted by Gasteiger charge is -2.04. The molecular weight excluding hydrogens is 183 g/mol. The Labute approximate surface area is 73.9 Å². The second-order valence-corrected chi connectivity index (χ2v) is 2.60. The zero-order valence-electron chi connectivity index (χ0n) is 6.30. The van der Waals surface area contributed by atoms with E-state index in [1.165, 1.54) is 19.1 Å². The maximum atomic E-state index is 12.8. The molecule has 2 nitrogen and oxygen atoms in total. The molecule has 0 aromatic heterocycles. The van der Waals surface area contributed by atoms with Gasteiger partial charge in [0.1, 0.15) is 5.82 Å². The molecule has 0 aliphatic heterocycles. The normalized spacial score (nSPS) is 9.58. The van der Waals surface area contributed by atoms with Crippen molar-refractivity contribution in [2.75, 3.05) is 0 Å². The van der Waals surface area contributed by atoms with Crippen molar-refractivity contribution in [3.05, 3.63) is 28.5 Å². The van der Waals surface area contributed by atoms with Gasteiger partial charge in [0.15, 0.2) is 5.75 Å². The standard InChI is InChI=1S/C8H6ClFO2/c1-5-7(10)3-2-6(9)8(5)12-4-11/h2-4H,1H3. The summed E-state index contributed by atoms with van der Waals surface area (Å²) in [5.74, 6) is -0.372. The van der Waals surface area contributed by atoms with Gasteiger partial charge in [0.2, 0.25) is 0 Å². The van der Waals surface area contributed by atoms with Crippen LogP contribution >= 0.6 is 11.6 Å². The number of rotatable bonds is 2. The summed E-state index contributed by atoms with van der Waals surface area (Å²) in [6.07, 6.45) is 0. The lowest BCUT2D eigenvalue weighted by molar-refractivity contribution is -0.120. The summed E-state index contributed by atoms with van der Waals surface area (Å²) >= 11 is 5.63. The second kappa shape index (κ2) is 3.54. The molecule has 0 aliphatic rings. The van der Waals surface area contributed by atoms with Gasteiger partial charge in [0.05, 0.1) is 5.02 Å². The fourth-order valence-electron chi connectivity index (χ4n) is 0.827. The maximum Gasteiger partial charge on any atom is 0.298 e. The number of hydrogen-bond donors (Lipinski definition) is 0. The molecule has 0 bridgehead atoms. The van der Waals surface area contributed by atoms with Gasteiger partial charge in [0.25, 0.3) is 6.47 Å². The maximum absolute atomic E-state index is 12.8. The average Bonchev–Trinajstić information content (AvgIpc) is 2.06. The third kappa shape index (κ3) is 1.56. The van der Waals surface area contributed by atoms with Gasteiger partial charge in [-0.3, -0.25) is 4.79 Å². The van der Waals surface area contributed by atoms with Gasteiger partial charge in [0, 0.05) is 5.56 Å². The third-order valence-corrected chi connectivity index (χ3v) is 1.76. The summed E-state index contributed by atoms with van der Waals surface area (Å²) in [5, 5.41) is 0.223. The van der Waals surface area contributed by atoms with Gasteiger partial charge >= 0.3 is 0 Å². The van der Waals surface area contributed by atoms with Gasteiger partial charge in [-0.15, -0.1) is 0 Å². The molecule has 64 valence electrons. The molecule has 0 heterocycles. The molecule has 0 atom stereocenters. The number of carbonyl (C=O) groups excluding carboxylic acids is 1. The van der Waals surface area contributed by atoms with E-state index in [9.17, 15) is 9.18 Å². The van der Waals surface area contributed by atoms with E-state index in [1.807, 2.05) is 0 Å². The quantitative estimate of drug-likeness (QED) is 0.666. The lowest BCUT2D eigenvalue weighted by Crippen LogP contribution is -1.94. The van der Waals surface area contributed by atoms with Crippen molar-refractivity contribution < 1.29 is 13.9 Å². The summed E-state index contributed by atoms with van der Waals surface area (Å²) in [6.45, 7) is 1.70. The van der Waals surface area contributed by atoms with E-state index in [0.29, 0.717) is 0 Å². The van der Waals surface area contributed by atoms with Crippen molar-refractivity contribution >= 4 is 18.1 Å². The Kier molecular flexibility index (Phi) is 2.65. The van der Waals surface area contributed by atoms with Crippen LogP contribution < -0.4 is 4.74 Å². The molecule has 4 heteroatoms. The number of halogens is 2. The van der Waals surface area contributed by atoms with Crippen LogP contribution in [0.4, 0.5) is 4.39 Å². The first-order valence-corrected chi connectivity index (χ1v) is 3.59. The minimum absolute atomic E-state index is 0.0756. The monoisotopic (exact) mass is 188 g/mol. The van der Waals surface area contributed by atoms with Crippen LogP contribution in [0.5, 0.6) is 5.75 Å². The summed E-state index contributed by atoms with van der Waals surface area (Å²) in [7, 11) is 0. The van der Waals surface area contributed by atoms with Crippen LogP contribution in [0.2, 0.25) is 5.02 Å². The van der Waals surface area contributed by atoms with Gasteiger partial charge in [-0.25, -0.2) is 4.39 Å². The zero-order valence-corrected chi connectivity index (χ0v) is 7.06. The molecule has 1 aromatic rings. The van der Waals surface area contributed by atoms with Crippen molar-refractivity contribution in [1.82, 2.24) is 0 Å². The molecular formula is C8H6ClFO2. The third-order valence-electron chi connectivity index (χ3n) is 1.46. The fourth-order valence-corrected chi connectivity index (χ4v) is 1.08. The molecule has 0 saturated heterocycles. The number of ether oxygens (including phenoxy) is 1. The van der Waals surface area contributed by atoms with Crippen LogP contribution in [-0.4, -0.2) is 6.47 Å². The molecule has 1 rings (SSSR count). The first kappa shape index (κ1) is 9.00. The van der Waals surface area contributed by atoms with E-state index in [4.69, 9.17) is 11.6 Å². The van der Waals surface area contributed by atoms with Gasteiger partial charge in [-0.05, 0) is 19.1 Å². The highest BCUT2D eigenvalue weighted by Gasteiger charge is 2.09. The van der Waals surface area contributed by atoms with Crippen molar-refractivity contribution in [2.45, 2.75) is 6.92 Å². The Hall–Kier alpha value is -1.09. The molecule has 0 fully saturated rings. The average molecular weight is 189 g/mol. The smallest absolute Gasteiger partial charge is 0.298 e. The molecule has 0 saturated carbocycles. The second-order valence-electron chi connectivity index (χ2n) is 2.20. The van der Waals surface area contributed by atoms with E-state index in [2.05, 4.69) is 4.74 Å². The van der Waals surface area contributed by atoms with Crippen LogP contribution in [0.1, 0.15) is 5.56 Å². The Morgan fingerprint density at radius 1 is 1.58 bits per heavy atom. The van der Waals surface area contributed by atoms with Gasteiger partial charge in [-0.1, -0.05) is 11.6 Å². The Morgan fingerprint density at radius 3 is 2.83 bits per heavy atom. The highest BCUT2D eigenvalue weighted by atomic mass is 35.5. The molecule has 1 aromatic carbocycles. The van der Waals surface area contributed by atoms with Crippen LogP contribution in [0, 0.1) is 12.7 Å². The predicted octanol–water partition coefficient (Wildman–Crippen LogP) is 2.32. The summed E-state index contributed by atoms with van der Waals surface area (Å²) in [5.41, 5.74) is 0.231. The molecule has 0 amide bonds. The molecule has 0 aliphatic carbocycles. The van der Waals surface area contributed by atoms with Crippen molar-refractivity contribution in [3.8, 4) is 5.75 Å². The summed E-state index contributed by atoms with van der Waals surface area (Å²) in [4.78, 5) is 9.99. The minimum atomic E-state index is -0.448. The number of hydrogen-bond acceptors (Lipinski definition) is 2. The topological polar surface area (TPSA) is 26.3 Å². The Bertz CT molecular complexity index is 312. The van der Waals surface area contributed by atoms with Crippen LogP contribution in [0.15, 0.2) is 12.1 Å². The molecule has 0 radical (unpaired) electrons.